The van der Waals surface area contributed by atoms with Crippen molar-refractivity contribution < 1.29 is 9.53 Å². The highest BCUT2D eigenvalue weighted by Gasteiger charge is 2.08. The van der Waals surface area contributed by atoms with Crippen LogP contribution in [-0.2, 0) is 0 Å². The molecule has 1 aliphatic rings. The predicted octanol–water partition coefficient (Wildman–Crippen LogP) is 4.35. The zero-order valence-electron chi connectivity index (χ0n) is 13.6. The van der Waals surface area contributed by atoms with Crippen LogP contribution in [0.15, 0.2) is 24.3 Å². The molecule has 0 saturated carbocycles. The van der Waals surface area contributed by atoms with E-state index in [1.54, 1.807) is 0 Å². The van der Waals surface area contributed by atoms with Gasteiger partial charge >= 0.3 is 0 Å². The van der Waals surface area contributed by atoms with Gasteiger partial charge in [0.2, 0.25) is 0 Å². The van der Waals surface area contributed by atoms with Crippen LogP contribution in [0, 0.1) is 0 Å². The molecule has 3 nitrogen and oxygen atoms in total. The fraction of sp³-hybridized carbons (Fsp3) is 0.611. The van der Waals surface area contributed by atoms with Crippen LogP contribution in [0.25, 0.3) is 0 Å². The first-order valence-corrected chi connectivity index (χ1v) is 8.28. The van der Waals surface area contributed by atoms with E-state index in [4.69, 9.17) is 4.74 Å². The maximum absolute atomic E-state index is 11.5. The molecule has 1 fully saturated rings. The normalized spacial score (nSPS) is 15.1. The molecule has 1 heterocycles. The Labute approximate surface area is 140 Å². The minimum absolute atomic E-state index is 0. The molecule has 0 N–H and O–H groups in total. The molecule has 0 unspecified atom stereocenters. The molecule has 0 atom stereocenters. The summed E-state index contributed by atoms with van der Waals surface area (Å²) in [6, 6.07) is 7.50. The Balaban J connectivity index is 0.00000242. The second-order valence-electron chi connectivity index (χ2n) is 5.76. The molecule has 124 valence electrons. The lowest BCUT2D eigenvalue weighted by Gasteiger charge is -2.26. The van der Waals surface area contributed by atoms with Crippen LogP contribution >= 0.6 is 12.4 Å². The lowest BCUT2D eigenvalue weighted by molar-refractivity contribution is 0.0988. The summed E-state index contributed by atoms with van der Waals surface area (Å²) in [6.45, 7) is 6.39. The zero-order valence-corrected chi connectivity index (χ0v) is 14.4. The van der Waals surface area contributed by atoms with Gasteiger partial charge in [-0.15, -0.1) is 12.4 Å². The van der Waals surface area contributed by atoms with Gasteiger partial charge in [0.05, 0.1) is 6.61 Å². The van der Waals surface area contributed by atoms with Crippen LogP contribution in [0.1, 0.15) is 55.8 Å². The summed E-state index contributed by atoms with van der Waals surface area (Å²) in [7, 11) is 0. The molecule has 1 aromatic rings. The standard InChI is InChI=1S/C18H27NO2.ClH/c1-2-18(20)16-8-10-17(11-9-16)21-15-7-6-14-19-12-4-3-5-13-19;/h8-11H,2-7,12-15H2,1H3;1H. The highest BCUT2D eigenvalue weighted by molar-refractivity contribution is 5.95. The van der Waals surface area contributed by atoms with E-state index in [1.165, 1.54) is 45.3 Å². The zero-order chi connectivity index (χ0) is 14.9. The van der Waals surface area contributed by atoms with E-state index in [9.17, 15) is 4.79 Å². The average Bonchev–Trinajstić information content (AvgIpc) is 2.55. The van der Waals surface area contributed by atoms with Crippen LogP contribution in [0.5, 0.6) is 5.75 Å². The Morgan fingerprint density at radius 2 is 1.77 bits per heavy atom. The quantitative estimate of drug-likeness (QED) is 0.526. The van der Waals surface area contributed by atoms with Gasteiger partial charge in [-0.05, 0) is 69.6 Å². The number of carbonyl (C=O) groups is 1. The Hall–Kier alpha value is -1.06. The van der Waals surface area contributed by atoms with E-state index >= 15 is 0 Å². The first kappa shape index (κ1) is 19.0. The lowest BCUT2D eigenvalue weighted by atomic mass is 10.1. The van der Waals surface area contributed by atoms with Gasteiger partial charge in [-0.1, -0.05) is 13.3 Å². The van der Waals surface area contributed by atoms with Gasteiger partial charge < -0.3 is 9.64 Å². The van der Waals surface area contributed by atoms with Crippen LogP contribution < -0.4 is 4.74 Å². The number of Topliss-reactive ketones (excluding diaryl/α,β-unsaturated/α-hetero) is 1. The largest absolute Gasteiger partial charge is 0.494 e. The minimum atomic E-state index is 0. The number of rotatable bonds is 8. The molecular formula is C18H28ClNO2. The van der Waals surface area contributed by atoms with E-state index in [0.717, 1.165) is 24.3 Å². The van der Waals surface area contributed by atoms with E-state index in [2.05, 4.69) is 4.90 Å². The molecular weight excluding hydrogens is 298 g/mol. The predicted molar refractivity (Wildman–Crippen MR) is 93.3 cm³/mol. The monoisotopic (exact) mass is 325 g/mol. The fourth-order valence-electron chi connectivity index (χ4n) is 2.75. The summed E-state index contributed by atoms with van der Waals surface area (Å²) in [5.74, 6) is 1.05. The maximum Gasteiger partial charge on any atom is 0.162 e. The van der Waals surface area contributed by atoms with Crippen LogP contribution in [0.3, 0.4) is 0 Å². The highest BCUT2D eigenvalue weighted by Crippen LogP contribution is 2.14. The van der Waals surface area contributed by atoms with Crippen LogP contribution in [-0.4, -0.2) is 36.9 Å². The molecule has 22 heavy (non-hydrogen) atoms. The average molecular weight is 326 g/mol. The van der Waals surface area contributed by atoms with Crippen molar-refractivity contribution in [2.75, 3.05) is 26.2 Å². The van der Waals surface area contributed by atoms with Crippen molar-refractivity contribution in [1.82, 2.24) is 4.90 Å². The number of hydrogen-bond acceptors (Lipinski definition) is 3. The Morgan fingerprint density at radius 1 is 1.09 bits per heavy atom. The third-order valence-corrected chi connectivity index (χ3v) is 4.08. The number of piperidine rings is 1. The van der Waals surface area contributed by atoms with Gasteiger partial charge in [0.25, 0.3) is 0 Å². The number of benzene rings is 1. The van der Waals surface area contributed by atoms with Crippen molar-refractivity contribution >= 4 is 18.2 Å². The number of likely N-dealkylation sites (tertiary alicyclic amines) is 1. The Bertz CT molecular complexity index is 427. The van der Waals surface area contributed by atoms with Crippen molar-refractivity contribution in [3.63, 3.8) is 0 Å². The molecule has 0 spiro atoms. The summed E-state index contributed by atoms with van der Waals surface area (Å²) < 4.78 is 5.73. The van der Waals surface area contributed by atoms with Gasteiger partial charge in [-0.3, -0.25) is 4.79 Å². The van der Waals surface area contributed by atoms with Crippen LogP contribution in [0.4, 0.5) is 0 Å². The topological polar surface area (TPSA) is 29.5 Å². The smallest absolute Gasteiger partial charge is 0.162 e. The molecule has 0 amide bonds. The SMILES string of the molecule is CCC(=O)c1ccc(OCCCCN2CCCCC2)cc1.Cl. The summed E-state index contributed by atoms with van der Waals surface area (Å²) >= 11 is 0. The van der Waals surface area contributed by atoms with Crippen molar-refractivity contribution in [3.05, 3.63) is 29.8 Å². The maximum atomic E-state index is 11.5. The van der Waals surface area contributed by atoms with E-state index in [-0.39, 0.29) is 18.2 Å². The molecule has 1 aliphatic heterocycles. The molecule has 4 heteroatoms. The second kappa shape index (κ2) is 10.6. The van der Waals surface area contributed by atoms with Gasteiger partial charge in [0.15, 0.2) is 5.78 Å². The number of ether oxygens (including phenoxy) is 1. The minimum Gasteiger partial charge on any atom is -0.494 e. The second-order valence-corrected chi connectivity index (χ2v) is 5.76. The number of nitrogens with zero attached hydrogens (tertiary/aromatic N) is 1. The van der Waals surface area contributed by atoms with Crippen molar-refractivity contribution in [1.29, 1.82) is 0 Å². The number of unbranched alkanes of at least 4 members (excludes halogenated alkanes) is 1. The molecule has 0 aliphatic carbocycles. The summed E-state index contributed by atoms with van der Waals surface area (Å²) in [6.07, 6.45) is 6.96. The highest BCUT2D eigenvalue weighted by atomic mass is 35.5. The summed E-state index contributed by atoms with van der Waals surface area (Å²) in [5.41, 5.74) is 0.773. The summed E-state index contributed by atoms with van der Waals surface area (Å²) in [4.78, 5) is 14.1. The number of halogens is 1. The third-order valence-electron chi connectivity index (χ3n) is 4.08. The molecule has 0 aromatic heterocycles. The Morgan fingerprint density at radius 3 is 2.41 bits per heavy atom. The van der Waals surface area contributed by atoms with Crippen molar-refractivity contribution in [2.45, 2.75) is 45.4 Å². The van der Waals surface area contributed by atoms with Crippen molar-refractivity contribution in [3.8, 4) is 5.75 Å². The van der Waals surface area contributed by atoms with Gasteiger partial charge in [0.1, 0.15) is 5.75 Å². The first-order chi connectivity index (χ1) is 10.3. The van der Waals surface area contributed by atoms with E-state index in [0.29, 0.717) is 6.42 Å². The first-order valence-electron chi connectivity index (χ1n) is 8.28. The van der Waals surface area contributed by atoms with E-state index in [1.807, 2.05) is 31.2 Å². The molecule has 0 bridgehead atoms. The van der Waals surface area contributed by atoms with Gasteiger partial charge in [0, 0.05) is 12.0 Å². The molecule has 1 saturated heterocycles. The summed E-state index contributed by atoms with van der Waals surface area (Å²) in [5, 5.41) is 0. The number of ketones is 1. The number of carbonyl (C=O) groups excluding carboxylic acids is 1. The van der Waals surface area contributed by atoms with Gasteiger partial charge in [-0.2, -0.15) is 0 Å². The molecule has 0 radical (unpaired) electrons. The third kappa shape index (κ3) is 6.37. The number of hydrogen-bond donors (Lipinski definition) is 0. The lowest BCUT2D eigenvalue weighted by Crippen LogP contribution is -2.30. The van der Waals surface area contributed by atoms with E-state index < -0.39 is 0 Å². The van der Waals surface area contributed by atoms with Crippen LogP contribution in [0.2, 0.25) is 0 Å². The van der Waals surface area contributed by atoms with Gasteiger partial charge in [-0.25, -0.2) is 0 Å². The fourth-order valence-corrected chi connectivity index (χ4v) is 2.75. The Kier molecular flexibility index (Phi) is 9.17. The molecule has 2 rings (SSSR count). The van der Waals surface area contributed by atoms with Crippen molar-refractivity contribution in [2.24, 2.45) is 0 Å². The molecule has 1 aromatic carbocycles.